The van der Waals surface area contributed by atoms with Crippen LogP contribution in [0.5, 0.6) is 0 Å². The highest BCUT2D eigenvalue weighted by Crippen LogP contribution is 2.45. The minimum absolute atomic E-state index is 0.290. The molecule has 0 spiro atoms. The van der Waals surface area contributed by atoms with Crippen LogP contribution < -0.4 is 0 Å². The number of hydrogen-bond donors (Lipinski definition) is 0. The van der Waals surface area contributed by atoms with E-state index in [0.29, 0.717) is 23.1 Å². The Balaban J connectivity index is 1.74. The van der Waals surface area contributed by atoms with Gasteiger partial charge in [0, 0.05) is 5.92 Å². The highest BCUT2D eigenvalue weighted by Gasteiger charge is 2.34. The predicted octanol–water partition coefficient (Wildman–Crippen LogP) is 8.48. The van der Waals surface area contributed by atoms with Crippen LogP contribution in [0.25, 0.3) is 11.1 Å². The number of benzene rings is 4. The zero-order valence-corrected chi connectivity index (χ0v) is 17.7. The SMILES string of the molecule is FC(F)(F)c1cccc(C(c2cccc(C(F)(F)F)c2)c2cccc3c2Cc2ccccc2-3)c1. The Hall–Kier alpha value is -3.54. The second-order valence-electron chi connectivity index (χ2n) is 8.39. The lowest BCUT2D eigenvalue weighted by atomic mass is 9.80. The average Bonchev–Trinajstić information content (AvgIpc) is 3.18. The van der Waals surface area contributed by atoms with Crippen molar-refractivity contribution in [3.8, 4) is 11.1 Å². The summed E-state index contributed by atoms with van der Waals surface area (Å²) >= 11 is 0. The fraction of sp³-hybridized carbons (Fsp3) is 0.143. The molecule has 0 radical (unpaired) electrons. The van der Waals surface area contributed by atoms with Crippen molar-refractivity contribution in [3.05, 3.63) is 130 Å². The van der Waals surface area contributed by atoms with E-state index in [-0.39, 0.29) is 0 Å². The summed E-state index contributed by atoms with van der Waals surface area (Å²) in [5.41, 5.74) is 3.60. The van der Waals surface area contributed by atoms with E-state index in [1.165, 1.54) is 12.1 Å². The zero-order chi connectivity index (χ0) is 24.1. The summed E-state index contributed by atoms with van der Waals surface area (Å²) in [6.45, 7) is 0. The summed E-state index contributed by atoms with van der Waals surface area (Å²) < 4.78 is 81.0. The van der Waals surface area contributed by atoms with Gasteiger partial charge in [0.2, 0.25) is 0 Å². The maximum atomic E-state index is 13.5. The van der Waals surface area contributed by atoms with Gasteiger partial charge in [0.1, 0.15) is 0 Å². The minimum atomic E-state index is -4.57. The molecular formula is C28H18F6. The Morgan fingerprint density at radius 2 is 1.09 bits per heavy atom. The molecule has 0 nitrogen and oxygen atoms in total. The van der Waals surface area contributed by atoms with Crippen molar-refractivity contribution in [1.29, 1.82) is 0 Å². The molecule has 4 aromatic carbocycles. The molecule has 0 saturated heterocycles. The van der Waals surface area contributed by atoms with Crippen molar-refractivity contribution in [2.24, 2.45) is 0 Å². The number of rotatable bonds is 3. The molecule has 0 amide bonds. The first kappa shape index (κ1) is 22.3. The van der Waals surface area contributed by atoms with E-state index >= 15 is 0 Å². The van der Waals surface area contributed by atoms with E-state index in [1.807, 2.05) is 36.4 Å². The molecule has 5 rings (SSSR count). The highest BCUT2D eigenvalue weighted by molar-refractivity contribution is 5.78. The number of fused-ring (bicyclic) bond motifs is 3. The Morgan fingerprint density at radius 3 is 1.68 bits per heavy atom. The molecule has 6 heteroatoms. The van der Waals surface area contributed by atoms with Gasteiger partial charge in [-0.15, -0.1) is 0 Å². The molecule has 0 aliphatic heterocycles. The molecule has 0 N–H and O–H groups in total. The van der Waals surface area contributed by atoms with Crippen molar-refractivity contribution in [2.75, 3.05) is 0 Å². The quantitative estimate of drug-likeness (QED) is 0.184. The smallest absolute Gasteiger partial charge is 0.166 e. The standard InChI is InChI=1S/C28H18F6/c29-27(30,31)20-9-3-7-18(14-20)26(19-8-4-10-21(15-19)28(32,33)34)24-13-5-12-23-22-11-2-1-6-17(22)16-25(23)24/h1-15,26H,16H2. The van der Waals surface area contributed by atoms with E-state index in [2.05, 4.69) is 0 Å². The molecule has 0 aromatic heterocycles. The molecule has 34 heavy (non-hydrogen) atoms. The van der Waals surface area contributed by atoms with Crippen LogP contribution in [-0.2, 0) is 18.8 Å². The van der Waals surface area contributed by atoms with Crippen LogP contribution >= 0.6 is 0 Å². The molecule has 172 valence electrons. The third-order valence-corrected chi connectivity index (χ3v) is 6.29. The Labute approximate surface area is 192 Å². The third kappa shape index (κ3) is 3.98. The molecule has 1 aliphatic carbocycles. The van der Waals surface area contributed by atoms with Crippen molar-refractivity contribution in [2.45, 2.75) is 24.7 Å². The molecule has 0 atom stereocenters. The predicted molar refractivity (Wildman–Crippen MR) is 119 cm³/mol. The second-order valence-corrected chi connectivity index (χ2v) is 8.39. The van der Waals surface area contributed by atoms with Crippen LogP contribution in [0.4, 0.5) is 26.3 Å². The van der Waals surface area contributed by atoms with Crippen LogP contribution in [0.3, 0.4) is 0 Å². The van der Waals surface area contributed by atoms with Gasteiger partial charge in [0.05, 0.1) is 11.1 Å². The summed E-state index contributed by atoms with van der Waals surface area (Å²) in [6, 6.07) is 23.1. The maximum Gasteiger partial charge on any atom is 0.416 e. The third-order valence-electron chi connectivity index (χ3n) is 6.29. The van der Waals surface area contributed by atoms with E-state index in [4.69, 9.17) is 0 Å². The summed E-state index contributed by atoms with van der Waals surface area (Å²) in [4.78, 5) is 0. The Morgan fingerprint density at radius 1 is 0.559 bits per heavy atom. The first-order valence-corrected chi connectivity index (χ1v) is 10.7. The largest absolute Gasteiger partial charge is 0.416 e. The lowest BCUT2D eigenvalue weighted by Gasteiger charge is -2.24. The maximum absolute atomic E-state index is 13.5. The monoisotopic (exact) mass is 468 g/mol. The van der Waals surface area contributed by atoms with Gasteiger partial charge in [0.15, 0.2) is 0 Å². The normalized spacial score (nSPS) is 13.1. The van der Waals surface area contributed by atoms with Gasteiger partial charge in [-0.2, -0.15) is 26.3 Å². The molecule has 4 aromatic rings. The van der Waals surface area contributed by atoms with Crippen LogP contribution in [-0.4, -0.2) is 0 Å². The van der Waals surface area contributed by atoms with Crippen molar-refractivity contribution in [1.82, 2.24) is 0 Å². The fourth-order valence-electron chi connectivity index (χ4n) is 4.79. The minimum Gasteiger partial charge on any atom is -0.166 e. The van der Waals surface area contributed by atoms with Crippen molar-refractivity contribution in [3.63, 3.8) is 0 Å². The molecule has 0 saturated carbocycles. The summed E-state index contributed by atoms with van der Waals surface area (Å²) in [5, 5.41) is 0. The second kappa shape index (κ2) is 8.05. The molecule has 1 aliphatic rings. The zero-order valence-electron chi connectivity index (χ0n) is 17.7. The van der Waals surface area contributed by atoms with Crippen LogP contribution in [0, 0.1) is 0 Å². The molecular weight excluding hydrogens is 450 g/mol. The summed E-state index contributed by atoms with van der Waals surface area (Å²) in [6.07, 6.45) is -8.57. The first-order chi connectivity index (χ1) is 16.1. The van der Waals surface area contributed by atoms with E-state index < -0.39 is 29.4 Å². The van der Waals surface area contributed by atoms with Gasteiger partial charge >= 0.3 is 12.4 Å². The van der Waals surface area contributed by atoms with Gasteiger partial charge in [-0.1, -0.05) is 78.9 Å². The van der Waals surface area contributed by atoms with Crippen LogP contribution in [0.2, 0.25) is 0 Å². The molecule has 0 heterocycles. The number of halogens is 6. The highest BCUT2D eigenvalue weighted by atomic mass is 19.4. The van der Waals surface area contributed by atoms with Crippen molar-refractivity contribution >= 4 is 0 Å². The van der Waals surface area contributed by atoms with Crippen LogP contribution in [0.1, 0.15) is 44.9 Å². The van der Waals surface area contributed by atoms with Crippen LogP contribution in [0.15, 0.2) is 91.0 Å². The fourth-order valence-corrected chi connectivity index (χ4v) is 4.79. The van der Waals surface area contributed by atoms with Gasteiger partial charge in [-0.05, 0) is 57.5 Å². The van der Waals surface area contributed by atoms with Gasteiger partial charge in [-0.25, -0.2) is 0 Å². The van der Waals surface area contributed by atoms with Crippen molar-refractivity contribution < 1.29 is 26.3 Å². The number of hydrogen-bond acceptors (Lipinski definition) is 0. The van der Waals surface area contributed by atoms with E-state index in [1.54, 1.807) is 18.2 Å². The lowest BCUT2D eigenvalue weighted by molar-refractivity contribution is -0.138. The summed E-state index contributed by atoms with van der Waals surface area (Å²) in [5.74, 6) is -0.797. The van der Waals surface area contributed by atoms with Gasteiger partial charge in [0.25, 0.3) is 0 Å². The molecule has 0 bridgehead atoms. The molecule has 0 fully saturated rings. The van der Waals surface area contributed by atoms with Gasteiger partial charge in [-0.3, -0.25) is 0 Å². The van der Waals surface area contributed by atoms with E-state index in [0.717, 1.165) is 46.5 Å². The molecule has 0 unspecified atom stereocenters. The van der Waals surface area contributed by atoms with Gasteiger partial charge < -0.3 is 0 Å². The topological polar surface area (TPSA) is 0 Å². The Kier molecular flexibility index (Phi) is 5.27. The summed E-state index contributed by atoms with van der Waals surface area (Å²) in [7, 11) is 0. The first-order valence-electron chi connectivity index (χ1n) is 10.7. The lowest BCUT2D eigenvalue weighted by Crippen LogP contribution is -2.12. The number of alkyl halides is 6. The average molecular weight is 468 g/mol. The van der Waals surface area contributed by atoms with E-state index in [9.17, 15) is 26.3 Å². The Bertz CT molecular complexity index is 1310.